The Bertz CT molecular complexity index is 528. The van der Waals surface area contributed by atoms with Gasteiger partial charge in [0.15, 0.2) is 0 Å². The SMILES string of the molecule is COc1cc(Cl)c(C)cc1NC(=O)C1C=CC(N)C1. The highest BCUT2D eigenvalue weighted by molar-refractivity contribution is 6.31. The van der Waals surface area contributed by atoms with Crippen molar-refractivity contribution in [3.05, 3.63) is 34.9 Å². The van der Waals surface area contributed by atoms with E-state index >= 15 is 0 Å². The molecule has 2 unspecified atom stereocenters. The van der Waals surface area contributed by atoms with Crippen molar-refractivity contribution in [2.75, 3.05) is 12.4 Å². The van der Waals surface area contributed by atoms with Crippen molar-refractivity contribution in [3.8, 4) is 5.75 Å². The number of ether oxygens (including phenoxy) is 1. The normalized spacial score (nSPS) is 21.5. The van der Waals surface area contributed by atoms with Crippen LogP contribution in [0.1, 0.15) is 12.0 Å². The van der Waals surface area contributed by atoms with Gasteiger partial charge < -0.3 is 15.8 Å². The quantitative estimate of drug-likeness (QED) is 0.836. The molecule has 1 amide bonds. The molecule has 19 heavy (non-hydrogen) atoms. The first-order valence-electron chi connectivity index (χ1n) is 6.10. The minimum atomic E-state index is -0.185. The van der Waals surface area contributed by atoms with E-state index in [4.69, 9.17) is 22.1 Å². The van der Waals surface area contributed by atoms with Crippen LogP contribution in [0.25, 0.3) is 0 Å². The zero-order valence-electron chi connectivity index (χ0n) is 10.9. The molecule has 0 fully saturated rings. The van der Waals surface area contributed by atoms with Crippen molar-refractivity contribution in [1.82, 2.24) is 0 Å². The first kappa shape index (κ1) is 13.9. The fraction of sp³-hybridized carbons (Fsp3) is 0.357. The number of halogens is 1. The summed E-state index contributed by atoms with van der Waals surface area (Å²) in [4.78, 5) is 12.1. The van der Waals surface area contributed by atoms with E-state index in [1.807, 2.05) is 19.1 Å². The molecule has 0 aromatic heterocycles. The smallest absolute Gasteiger partial charge is 0.231 e. The van der Waals surface area contributed by atoms with E-state index in [9.17, 15) is 4.79 Å². The third-order valence-corrected chi connectivity index (χ3v) is 3.60. The molecule has 102 valence electrons. The Morgan fingerprint density at radius 3 is 2.79 bits per heavy atom. The summed E-state index contributed by atoms with van der Waals surface area (Å²) < 4.78 is 5.22. The maximum Gasteiger partial charge on any atom is 0.231 e. The van der Waals surface area contributed by atoms with Gasteiger partial charge in [0.05, 0.1) is 18.7 Å². The van der Waals surface area contributed by atoms with Gasteiger partial charge in [0.25, 0.3) is 0 Å². The fourth-order valence-electron chi connectivity index (χ4n) is 2.08. The van der Waals surface area contributed by atoms with Crippen LogP contribution in [0.2, 0.25) is 5.02 Å². The molecule has 0 saturated heterocycles. The van der Waals surface area contributed by atoms with Crippen LogP contribution in [0, 0.1) is 12.8 Å². The summed E-state index contributed by atoms with van der Waals surface area (Å²) in [7, 11) is 1.54. The molecule has 0 radical (unpaired) electrons. The summed E-state index contributed by atoms with van der Waals surface area (Å²) >= 11 is 6.03. The Labute approximate surface area is 117 Å². The van der Waals surface area contributed by atoms with Gasteiger partial charge in [-0.25, -0.2) is 0 Å². The summed E-state index contributed by atoms with van der Waals surface area (Å²) in [5.41, 5.74) is 7.26. The second-order valence-electron chi connectivity index (χ2n) is 4.68. The Kier molecular flexibility index (Phi) is 4.12. The number of nitrogens with one attached hydrogen (secondary N) is 1. The molecule has 3 N–H and O–H groups in total. The summed E-state index contributed by atoms with van der Waals surface area (Å²) in [5.74, 6) is 0.287. The Morgan fingerprint density at radius 1 is 1.47 bits per heavy atom. The van der Waals surface area contributed by atoms with Crippen molar-refractivity contribution in [3.63, 3.8) is 0 Å². The predicted molar refractivity (Wildman–Crippen MR) is 76.6 cm³/mol. The first-order chi connectivity index (χ1) is 9.01. The van der Waals surface area contributed by atoms with Crippen LogP contribution in [-0.4, -0.2) is 19.1 Å². The molecular weight excluding hydrogens is 264 g/mol. The zero-order valence-corrected chi connectivity index (χ0v) is 11.7. The van der Waals surface area contributed by atoms with Crippen LogP contribution < -0.4 is 15.8 Å². The van der Waals surface area contributed by atoms with Gasteiger partial charge in [0, 0.05) is 17.1 Å². The molecule has 0 saturated carbocycles. The van der Waals surface area contributed by atoms with E-state index in [1.165, 1.54) is 0 Å². The lowest BCUT2D eigenvalue weighted by Crippen LogP contribution is -2.24. The van der Waals surface area contributed by atoms with Gasteiger partial charge in [0.1, 0.15) is 5.75 Å². The van der Waals surface area contributed by atoms with E-state index in [-0.39, 0.29) is 17.9 Å². The summed E-state index contributed by atoms with van der Waals surface area (Å²) in [6.45, 7) is 1.88. The van der Waals surface area contributed by atoms with Gasteiger partial charge in [0.2, 0.25) is 5.91 Å². The number of aryl methyl sites for hydroxylation is 1. The van der Waals surface area contributed by atoms with Crippen LogP contribution in [-0.2, 0) is 4.79 Å². The lowest BCUT2D eigenvalue weighted by atomic mass is 10.1. The molecular formula is C14H17ClN2O2. The van der Waals surface area contributed by atoms with Crippen LogP contribution in [0.3, 0.4) is 0 Å². The minimum absolute atomic E-state index is 0.0374. The Balaban J connectivity index is 2.17. The van der Waals surface area contributed by atoms with Gasteiger partial charge >= 0.3 is 0 Å². The lowest BCUT2D eigenvalue weighted by Gasteiger charge is -2.14. The van der Waals surface area contributed by atoms with E-state index < -0.39 is 0 Å². The first-order valence-corrected chi connectivity index (χ1v) is 6.48. The van der Waals surface area contributed by atoms with Crippen molar-refractivity contribution in [2.24, 2.45) is 11.7 Å². The topological polar surface area (TPSA) is 64.3 Å². The van der Waals surface area contributed by atoms with Gasteiger partial charge in [-0.2, -0.15) is 0 Å². The number of carbonyl (C=O) groups excluding carboxylic acids is 1. The van der Waals surface area contributed by atoms with E-state index in [0.29, 0.717) is 22.9 Å². The predicted octanol–water partition coefficient (Wildman–Crippen LogP) is 2.50. The van der Waals surface area contributed by atoms with Gasteiger partial charge in [-0.15, -0.1) is 0 Å². The number of amides is 1. The highest BCUT2D eigenvalue weighted by Crippen LogP contribution is 2.31. The van der Waals surface area contributed by atoms with Crippen LogP contribution in [0.15, 0.2) is 24.3 Å². The molecule has 0 bridgehead atoms. The molecule has 4 nitrogen and oxygen atoms in total. The standard InChI is InChI=1S/C14H17ClN2O2/c1-8-5-12(13(19-2)7-11(8)15)17-14(18)9-3-4-10(16)6-9/h3-5,7,9-10H,6,16H2,1-2H3,(H,17,18). The van der Waals surface area contributed by atoms with Crippen LogP contribution in [0.5, 0.6) is 5.75 Å². The number of nitrogens with two attached hydrogens (primary N) is 1. The maximum atomic E-state index is 12.1. The molecule has 1 aliphatic carbocycles. The number of hydrogen-bond acceptors (Lipinski definition) is 3. The zero-order chi connectivity index (χ0) is 14.0. The van der Waals surface area contributed by atoms with Crippen molar-refractivity contribution < 1.29 is 9.53 Å². The van der Waals surface area contributed by atoms with Gasteiger partial charge in [-0.1, -0.05) is 23.8 Å². The number of benzene rings is 1. The summed E-state index contributed by atoms with van der Waals surface area (Å²) in [6, 6.07) is 3.46. The third kappa shape index (κ3) is 3.08. The molecule has 0 heterocycles. The van der Waals surface area contributed by atoms with Gasteiger partial charge in [-0.05, 0) is 25.0 Å². The lowest BCUT2D eigenvalue weighted by molar-refractivity contribution is -0.118. The molecule has 1 aliphatic rings. The molecule has 2 atom stereocenters. The maximum absolute atomic E-state index is 12.1. The number of methoxy groups -OCH3 is 1. The van der Waals surface area contributed by atoms with Crippen LogP contribution in [0.4, 0.5) is 5.69 Å². The second-order valence-corrected chi connectivity index (χ2v) is 5.09. The molecule has 1 aromatic carbocycles. The average molecular weight is 281 g/mol. The molecule has 0 aliphatic heterocycles. The van der Waals surface area contributed by atoms with E-state index in [1.54, 1.807) is 19.2 Å². The largest absolute Gasteiger partial charge is 0.495 e. The third-order valence-electron chi connectivity index (χ3n) is 3.19. The minimum Gasteiger partial charge on any atom is -0.495 e. The molecule has 5 heteroatoms. The second kappa shape index (κ2) is 5.63. The molecule has 0 spiro atoms. The Hall–Kier alpha value is -1.52. The Morgan fingerprint density at radius 2 is 2.21 bits per heavy atom. The summed E-state index contributed by atoms with van der Waals surface area (Å²) in [6.07, 6.45) is 4.34. The number of carbonyl (C=O) groups is 1. The highest BCUT2D eigenvalue weighted by Gasteiger charge is 2.23. The van der Waals surface area contributed by atoms with E-state index in [0.717, 1.165) is 5.56 Å². The van der Waals surface area contributed by atoms with Crippen molar-refractivity contribution in [2.45, 2.75) is 19.4 Å². The fourth-order valence-corrected chi connectivity index (χ4v) is 2.23. The number of hydrogen-bond donors (Lipinski definition) is 2. The molecule has 2 rings (SSSR count). The monoisotopic (exact) mass is 280 g/mol. The van der Waals surface area contributed by atoms with Crippen molar-refractivity contribution >= 4 is 23.2 Å². The highest BCUT2D eigenvalue weighted by atomic mass is 35.5. The number of anilines is 1. The summed E-state index contributed by atoms with van der Waals surface area (Å²) in [5, 5.41) is 3.47. The molecule has 1 aromatic rings. The van der Waals surface area contributed by atoms with Gasteiger partial charge in [-0.3, -0.25) is 4.79 Å². The number of rotatable bonds is 3. The average Bonchev–Trinajstić information content (AvgIpc) is 2.80. The van der Waals surface area contributed by atoms with E-state index in [2.05, 4.69) is 5.32 Å². The van der Waals surface area contributed by atoms with Crippen LogP contribution >= 0.6 is 11.6 Å². The van der Waals surface area contributed by atoms with Crippen molar-refractivity contribution in [1.29, 1.82) is 0 Å².